The second-order valence-corrected chi connectivity index (χ2v) is 6.42. The fourth-order valence-electron chi connectivity index (χ4n) is 1.49. The van der Waals surface area contributed by atoms with Gasteiger partial charge in [0.1, 0.15) is 5.37 Å². The minimum Gasteiger partial charge on any atom is -0.315 e. The van der Waals surface area contributed by atoms with Crippen molar-refractivity contribution in [3.05, 3.63) is 0 Å². The molecule has 1 atom stereocenters. The summed E-state index contributed by atoms with van der Waals surface area (Å²) in [6.45, 7) is 3.98. The molecule has 0 fully saturated rings. The molecule has 92 valence electrons. The van der Waals surface area contributed by atoms with Crippen molar-refractivity contribution >= 4 is 9.84 Å². The van der Waals surface area contributed by atoms with Crippen molar-refractivity contribution in [1.29, 1.82) is 0 Å². The van der Waals surface area contributed by atoms with Crippen molar-refractivity contribution in [2.24, 2.45) is 5.73 Å². The van der Waals surface area contributed by atoms with Crippen LogP contribution in [0, 0.1) is 0 Å². The molecule has 0 rings (SSSR count). The maximum atomic E-state index is 11.5. The van der Waals surface area contributed by atoms with Crippen LogP contribution in [-0.2, 0) is 9.84 Å². The minimum atomic E-state index is -3.03. The first kappa shape index (κ1) is 14.9. The van der Waals surface area contributed by atoms with Gasteiger partial charge in [0.2, 0.25) is 0 Å². The maximum absolute atomic E-state index is 11.5. The van der Waals surface area contributed by atoms with Crippen LogP contribution < -0.4 is 5.73 Å². The van der Waals surface area contributed by atoms with Gasteiger partial charge < -0.3 is 5.73 Å². The Morgan fingerprint density at radius 3 is 2.07 bits per heavy atom. The van der Waals surface area contributed by atoms with Crippen LogP contribution in [0.25, 0.3) is 0 Å². The Hall–Kier alpha value is -0.0900. The number of hydrogen-bond acceptors (Lipinski definition) is 3. The van der Waals surface area contributed by atoms with E-state index in [1.54, 1.807) is 0 Å². The fourth-order valence-corrected chi connectivity index (χ4v) is 2.91. The van der Waals surface area contributed by atoms with Gasteiger partial charge in [-0.2, -0.15) is 0 Å². The smallest absolute Gasteiger partial charge is 0.165 e. The van der Waals surface area contributed by atoms with Gasteiger partial charge in [0.25, 0.3) is 0 Å². The molecule has 0 aromatic carbocycles. The molecule has 0 heterocycles. The molecule has 0 aliphatic heterocycles. The average molecular weight is 235 g/mol. The molecule has 4 heteroatoms. The maximum Gasteiger partial charge on any atom is 0.165 e. The van der Waals surface area contributed by atoms with Gasteiger partial charge in [-0.25, -0.2) is 8.42 Å². The molecule has 0 spiro atoms. The molecule has 2 N–H and O–H groups in total. The second-order valence-electron chi connectivity index (χ2n) is 4.08. The van der Waals surface area contributed by atoms with Crippen molar-refractivity contribution in [1.82, 2.24) is 0 Å². The van der Waals surface area contributed by atoms with E-state index in [2.05, 4.69) is 6.92 Å². The zero-order valence-corrected chi connectivity index (χ0v) is 10.9. The number of hydrogen-bond donors (Lipinski definition) is 1. The highest BCUT2D eigenvalue weighted by Gasteiger charge is 2.18. The van der Waals surface area contributed by atoms with Crippen LogP contribution in [0.15, 0.2) is 0 Å². The molecule has 0 radical (unpaired) electrons. The van der Waals surface area contributed by atoms with Gasteiger partial charge in [-0.1, -0.05) is 46.0 Å². The lowest BCUT2D eigenvalue weighted by atomic mass is 10.1. The van der Waals surface area contributed by atoms with Crippen LogP contribution >= 0.6 is 0 Å². The fraction of sp³-hybridized carbons (Fsp3) is 1.00. The van der Waals surface area contributed by atoms with Gasteiger partial charge in [0, 0.05) is 0 Å². The highest BCUT2D eigenvalue weighted by molar-refractivity contribution is 7.91. The number of nitrogens with two attached hydrogens (primary N) is 1. The zero-order valence-electron chi connectivity index (χ0n) is 10.0. The molecule has 0 amide bonds. The lowest BCUT2D eigenvalue weighted by molar-refractivity contribution is 0.568. The van der Waals surface area contributed by atoms with Crippen molar-refractivity contribution in [2.45, 2.75) is 64.2 Å². The van der Waals surface area contributed by atoms with Gasteiger partial charge >= 0.3 is 0 Å². The Morgan fingerprint density at radius 2 is 1.53 bits per heavy atom. The zero-order chi connectivity index (χ0) is 11.7. The van der Waals surface area contributed by atoms with Crippen LogP contribution in [0.1, 0.15) is 58.8 Å². The first-order valence-corrected chi connectivity index (χ1v) is 7.73. The predicted molar refractivity (Wildman–Crippen MR) is 65.4 cm³/mol. The van der Waals surface area contributed by atoms with Gasteiger partial charge in [-0.15, -0.1) is 0 Å². The van der Waals surface area contributed by atoms with E-state index >= 15 is 0 Å². The van der Waals surface area contributed by atoms with E-state index in [0.29, 0.717) is 6.42 Å². The van der Waals surface area contributed by atoms with Gasteiger partial charge in [0.05, 0.1) is 5.75 Å². The minimum absolute atomic E-state index is 0.258. The van der Waals surface area contributed by atoms with E-state index in [9.17, 15) is 8.42 Å². The molecule has 0 saturated carbocycles. The summed E-state index contributed by atoms with van der Waals surface area (Å²) in [6, 6.07) is 0. The van der Waals surface area contributed by atoms with E-state index in [4.69, 9.17) is 5.73 Å². The second kappa shape index (κ2) is 8.11. The molecular formula is C11H25NO2S. The first-order valence-electron chi connectivity index (χ1n) is 6.01. The van der Waals surface area contributed by atoms with E-state index in [-0.39, 0.29) is 5.75 Å². The summed E-state index contributed by atoms with van der Waals surface area (Å²) in [5, 5.41) is -0.659. The summed E-state index contributed by atoms with van der Waals surface area (Å²) in [6.07, 6.45) is 7.12. The summed E-state index contributed by atoms with van der Waals surface area (Å²) in [4.78, 5) is 0. The molecule has 3 nitrogen and oxygen atoms in total. The monoisotopic (exact) mass is 235 g/mol. The van der Waals surface area contributed by atoms with E-state index in [1.165, 1.54) is 19.3 Å². The van der Waals surface area contributed by atoms with Gasteiger partial charge in [0.15, 0.2) is 9.84 Å². The van der Waals surface area contributed by atoms with E-state index in [0.717, 1.165) is 19.3 Å². The van der Waals surface area contributed by atoms with Crippen molar-refractivity contribution in [3.63, 3.8) is 0 Å². The molecule has 15 heavy (non-hydrogen) atoms. The number of unbranched alkanes of at least 4 members (excludes halogenated alkanes) is 5. The largest absolute Gasteiger partial charge is 0.315 e. The van der Waals surface area contributed by atoms with Crippen molar-refractivity contribution in [2.75, 3.05) is 5.75 Å². The molecule has 1 unspecified atom stereocenters. The third-order valence-electron chi connectivity index (χ3n) is 2.65. The van der Waals surface area contributed by atoms with Crippen molar-refractivity contribution < 1.29 is 8.42 Å². The Kier molecular flexibility index (Phi) is 8.06. The SMILES string of the molecule is CCCCCCCCS(=O)(=O)C(N)CC. The third kappa shape index (κ3) is 6.90. The van der Waals surface area contributed by atoms with Crippen molar-refractivity contribution in [3.8, 4) is 0 Å². The Balaban J connectivity index is 3.58. The Labute approximate surface area is 94.4 Å². The third-order valence-corrected chi connectivity index (χ3v) is 4.76. The van der Waals surface area contributed by atoms with Crippen LogP contribution in [0.2, 0.25) is 0 Å². The number of rotatable bonds is 9. The van der Waals surface area contributed by atoms with Crippen LogP contribution in [0.4, 0.5) is 0 Å². The number of sulfone groups is 1. The van der Waals surface area contributed by atoms with Gasteiger partial charge in [-0.3, -0.25) is 0 Å². The highest BCUT2D eigenvalue weighted by atomic mass is 32.2. The molecule has 0 bridgehead atoms. The summed E-state index contributed by atoms with van der Waals surface area (Å²) >= 11 is 0. The van der Waals surface area contributed by atoms with Crippen LogP contribution in [-0.4, -0.2) is 19.5 Å². The highest BCUT2D eigenvalue weighted by Crippen LogP contribution is 2.08. The van der Waals surface area contributed by atoms with E-state index < -0.39 is 15.2 Å². The topological polar surface area (TPSA) is 60.2 Å². The molecule has 0 aromatic rings. The quantitative estimate of drug-likeness (QED) is 0.624. The Morgan fingerprint density at radius 1 is 1.00 bits per heavy atom. The Bertz CT molecular complexity index is 237. The van der Waals surface area contributed by atoms with Crippen LogP contribution in [0.5, 0.6) is 0 Å². The molecule has 0 aromatic heterocycles. The van der Waals surface area contributed by atoms with Gasteiger partial charge in [-0.05, 0) is 12.8 Å². The molecule has 0 saturated heterocycles. The first-order chi connectivity index (χ1) is 7.04. The normalized spacial score (nSPS) is 14.1. The molecule has 0 aliphatic carbocycles. The summed E-state index contributed by atoms with van der Waals surface area (Å²) in [5.41, 5.74) is 5.53. The lowest BCUT2D eigenvalue weighted by Gasteiger charge is -2.10. The summed E-state index contributed by atoms with van der Waals surface area (Å²) < 4.78 is 23.1. The summed E-state index contributed by atoms with van der Waals surface area (Å²) in [7, 11) is -3.03. The molecule has 0 aliphatic rings. The standard InChI is InChI=1S/C11H25NO2S/c1-3-5-6-7-8-9-10-15(13,14)11(12)4-2/h11H,3-10,12H2,1-2H3. The lowest BCUT2D eigenvalue weighted by Crippen LogP contribution is -2.31. The molecular weight excluding hydrogens is 210 g/mol. The summed E-state index contributed by atoms with van der Waals surface area (Å²) in [5.74, 6) is 0.258. The van der Waals surface area contributed by atoms with Crippen LogP contribution in [0.3, 0.4) is 0 Å². The predicted octanol–water partition coefficient (Wildman–Crippen LogP) is 2.46. The average Bonchev–Trinajstić information content (AvgIpc) is 2.22. The van der Waals surface area contributed by atoms with E-state index in [1.807, 2.05) is 6.92 Å².